The van der Waals surface area contributed by atoms with Gasteiger partial charge >= 0.3 is 0 Å². The van der Waals surface area contributed by atoms with Crippen LogP contribution in [0, 0.1) is 0 Å². The van der Waals surface area contributed by atoms with Crippen LogP contribution in [0.1, 0.15) is 43.4 Å². The first-order chi connectivity index (χ1) is 8.51. The molecule has 1 aliphatic carbocycles. The summed E-state index contributed by atoms with van der Waals surface area (Å²) in [5.74, 6) is 0.884. The molecule has 0 amide bonds. The molecule has 0 atom stereocenters. The van der Waals surface area contributed by atoms with E-state index in [4.69, 9.17) is 4.74 Å². The predicted octanol–water partition coefficient (Wildman–Crippen LogP) is 3.61. The highest BCUT2D eigenvalue weighted by molar-refractivity contribution is 9.10. The number of halogens is 1. The summed E-state index contributed by atoms with van der Waals surface area (Å²) in [6.07, 6.45) is 4.75. The van der Waals surface area contributed by atoms with Gasteiger partial charge in [-0.1, -0.05) is 19.9 Å². The SMILES string of the molecule is COc1c(C(C)(C)CO)cc2c(c1Br)CCCC2. The minimum Gasteiger partial charge on any atom is -0.495 e. The lowest BCUT2D eigenvalue weighted by Crippen LogP contribution is -2.24. The quantitative estimate of drug-likeness (QED) is 0.924. The van der Waals surface area contributed by atoms with Gasteiger partial charge in [0, 0.05) is 11.0 Å². The highest BCUT2D eigenvalue weighted by atomic mass is 79.9. The Hall–Kier alpha value is -0.540. The van der Waals surface area contributed by atoms with Gasteiger partial charge in [0.2, 0.25) is 0 Å². The zero-order valence-electron chi connectivity index (χ0n) is 11.3. The number of aliphatic hydroxyl groups excluding tert-OH is 1. The Balaban J connectivity index is 2.63. The van der Waals surface area contributed by atoms with Crippen LogP contribution < -0.4 is 4.74 Å². The monoisotopic (exact) mass is 312 g/mol. The summed E-state index contributed by atoms with van der Waals surface area (Å²) < 4.78 is 6.65. The minimum absolute atomic E-state index is 0.120. The third-order valence-corrected chi connectivity index (χ3v) is 4.71. The van der Waals surface area contributed by atoms with Crippen molar-refractivity contribution in [3.8, 4) is 5.75 Å². The van der Waals surface area contributed by atoms with Gasteiger partial charge in [0.15, 0.2) is 0 Å². The Morgan fingerprint density at radius 1 is 1.33 bits per heavy atom. The lowest BCUT2D eigenvalue weighted by Gasteiger charge is -2.29. The van der Waals surface area contributed by atoms with Crippen molar-refractivity contribution >= 4 is 15.9 Å². The zero-order chi connectivity index (χ0) is 13.3. The maximum atomic E-state index is 9.59. The molecule has 2 nitrogen and oxygen atoms in total. The van der Waals surface area contributed by atoms with Gasteiger partial charge in [0.05, 0.1) is 18.2 Å². The molecule has 1 aromatic carbocycles. The van der Waals surface area contributed by atoms with E-state index in [0.29, 0.717) is 0 Å². The largest absolute Gasteiger partial charge is 0.495 e. The standard InChI is InChI=1S/C15H21BrO2/c1-15(2,9-17)12-8-10-6-4-5-7-11(10)13(16)14(12)18-3/h8,17H,4-7,9H2,1-3H3. The first kappa shape index (κ1) is 13.9. The smallest absolute Gasteiger partial charge is 0.137 e. The number of hydrogen-bond donors (Lipinski definition) is 1. The van der Waals surface area contributed by atoms with Gasteiger partial charge in [0.1, 0.15) is 5.75 Å². The first-order valence-corrected chi connectivity index (χ1v) is 7.30. The predicted molar refractivity (Wildman–Crippen MR) is 77.4 cm³/mol. The van der Waals surface area contributed by atoms with E-state index in [9.17, 15) is 5.11 Å². The van der Waals surface area contributed by atoms with E-state index in [1.165, 1.54) is 24.0 Å². The summed E-state index contributed by atoms with van der Waals surface area (Å²) in [7, 11) is 1.70. The van der Waals surface area contributed by atoms with Gasteiger partial charge < -0.3 is 9.84 Å². The third-order valence-electron chi connectivity index (χ3n) is 3.87. The van der Waals surface area contributed by atoms with Crippen molar-refractivity contribution in [3.63, 3.8) is 0 Å². The van der Waals surface area contributed by atoms with E-state index in [-0.39, 0.29) is 12.0 Å². The summed E-state index contributed by atoms with van der Waals surface area (Å²) in [5, 5.41) is 9.59. The van der Waals surface area contributed by atoms with Gasteiger partial charge in [-0.3, -0.25) is 0 Å². The van der Waals surface area contributed by atoms with Gasteiger partial charge in [-0.15, -0.1) is 0 Å². The molecule has 0 spiro atoms. The van der Waals surface area contributed by atoms with E-state index in [2.05, 4.69) is 22.0 Å². The van der Waals surface area contributed by atoms with Gasteiger partial charge in [-0.05, 0) is 52.7 Å². The van der Waals surface area contributed by atoms with Crippen LogP contribution in [0.4, 0.5) is 0 Å². The molecule has 100 valence electrons. The molecule has 3 heteroatoms. The van der Waals surface area contributed by atoms with E-state index >= 15 is 0 Å². The molecule has 1 aromatic rings. The molecule has 0 aromatic heterocycles. The topological polar surface area (TPSA) is 29.5 Å². The molecule has 0 saturated heterocycles. The number of rotatable bonds is 3. The zero-order valence-corrected chi connectivity index (χ0v) is 12.9. The second kappa shape index (κ2) is 5.22. The Labute approximate surface area is 117 Å². The molecule has 18 heavy (non-hydrogen) atoms. The van der Waals surface area contributed by atoms with Crippen LogP contribution >= 0.6 is 15.9 Å². The molecule has 0 bridgehead atoms. The van der Waals surface area contributed by atoms with Crippen LogP contribution in [0.2, 0.25) is 0 Å². The summed E-state index contributed by atoms with van der Waals surface area (Å²) in [6, 6.07) is 2.23. The average Bonchev–Trinajstić information content (AvgIpc) is 2.38. The Morgan fingerprint density at radius 2 is 2.00 bits per heavy atom. The normalized spacial score (nSPS) is 15.4. The van der Waals surface area contributed by atoms with Crippen LogP contribution in [0.25, 0.3) is 0 Å². The maximum absolute atomic E-state index is 9.59. The third kappa shape index (κ3) is 2.30. The van der Waals surface area contributed by atoms with Crippen molar-refractivity contribution in [2.45, 2.75) is 44.9 Å². The molecular weight excluding hydrogens is 292 g/mol. The van der Waals surface area contributed by atoms with Gasteiger partial charge in [-0.25, -0.2) is 0 Å². The van der Waals surface area contributed by atoms with Crippen molar-refractivity contribution < 1.29 is 9.84 Å². The fourth-order valence-electron chi connectivity index (χ4n) is 2.62. The Morgan fingerprint density at radius 3 is 2.61 bits per heavy atom. The van der Waals surface area contributed by atoms with Crippen LogP contribution in [0.5, 0.6) is 5.75 Å². The summed E-state index contributed by atoms with van der Waals surface area (Å²) in [4.78, 5) is 0. The average molecular weight is 313 g/mol. The van der Waals surface area contributed by atoms with Crippen LogP contribution in [-0.4, -0.2) is 18.8 Å². The molecule has 1 N–H and O–H groups in total. The van der Waals surface area contributed by atoms with Crippen molar-refractivity contribution in [3.05, 3.63) is 27.2 Å². The molecule has 0 fully saturated rings. The fourth-order valence-corrected chi connectivity index (χ4v) is 3.45. The van der Waals surface area contributed by atoms with Crippen molar-refractivity contribution in [1.82, 2.24) is 0 Å². The maximum Gasteiger partial charge on any atom is 0.137 e. The number of aryl methyl sites for hydroxylation is 1. The first-order valence-electron chi connectivity index (χ1n) is 6.51. The van der Waals surface area contributed by atoms with E-state index in [1.807, 2.05) is 13.8 Å². The number of ether oxygens (including phenoxy) is 1. The lowest BCUT2D eigenvalue weighted by atomic mass is 9.80. The van der Waals surface area contributed by atoms with E-state index in [0.717, 1.165) is 28.6 Å². The minimum atomic E-state index is -0.277. The second-order valence-corrected chi connectivity index (χ2v) is 6.45. The highest BCUT2D eigenvalue weighted by Gasteiger charge is 2.28. The molecule has 2 rings (SSSR count). The number of methoxy groups -OCH3 is 1. The van der Waals surface area contributed by atoms with Crippen molar-refractivity contribution in [1.29, 1.82) is 0 Å². The molecule has 1 aliphatic rings. The lowest BCUT2D eigenvalue weighted by molar-refractivity contribution is 0.214. The molecule has 0 aliphatic heterocycles. The number of fused-ring (bicyclic) bond motifs is 1. The molecular formula is C15H21BrO2. The van der Waals surface area contributed by atoms with E-state index < -0.39 is 0 Å². The summed E-state index contributed by atoms with van der Waals surface area (Å²) >= 11 is 3.69. The Kier molecular flexibility index (Phi) is 4.02. The van der Waals surface area contributed by atoms with Gasteiger partial charge in [-0.2, -0.15) is 0 Å². The molecule has 0 heterocycles. The van der Waals surface area contributed by atoms with Crippen LogP contribution in [-0.2, 0) is 18.3 Å². The summed E-state index contributed by atoms with van der Waals surface area (Å²) in [5.41, 5.74) is 3.61. The molecule has 0 unspecified atom stereocenters. The van der Waals surface area contributed by atoms with E-state index in [1.54, 1.807) is 7.11 Å². The Bertz CT molecular complexity index is 452. The fraction of sp³-hybridized carbons (Fsp3) is 0.600. The van der Waals surface area contributed by atoms with Crippen molar-refractivity contribution in [2.24, 2.45) is 0 Å². The highest BCUT2D eigenvalue weighted by Crippen LogP contribution is 2.42. The number of hydrogen-bond acceptors (Lipinski definition) is 2. The van der Waals surface area contributed by atoms with Gasteiger partial charge in [0.25, 0.3) is 0 Å². The van der Waals surface area contributed by atoms with Crippen LogP contribution in [0.3, 0.4) is 0 Å². The number of aliphatic hydroxyl groups is 1. The van der Waals surface area contributed by atoms with Crippen LogP contribution in [0.15, 0.2) is 10.5 Å². The van der Waals surface area contributed by atoms with Crippen molar-refractivity contribution in [2.75, 3.05) is 13.7 Å². The second-order valence-electron chi connectivity index (χ2n) is 5.66. The molecule has 0 saturated carbocycles. The molecule has 0 radical (unpaired) electrons. The summed E-state index contributed by atoms with van der Waals surface area (Å²) in [6.45, 7) is 4.22. The number of benzene rings is 1.